The first-order valence-electron chi connectivity index (χ1n) is 6.83. The van der Waals surface area contributed by atoms with E-state index in [0.29, 0.717) is 35.3 Å². The summed E-state index contributed by atoms with van der Waals surface area (Å²) in [4.78, 5) is 24.5. The molecule has 1 rings (SSSR count). The van der Waals surface area contributed by atoms with Crippen molar-refractivity contribution >= 4 is 40.7 Å². The Morgan fingerprint density at radius 3 is 2.32 bits per heavy atom. The lowest BCUT2D eigenvalue weighted by Crippen LogP contribution is -2.45. The van der Waals surface area contributed by atoms with Gasteiger partial charge in [0.2, 0.25) is 11.8 Å². The van der Waals surface area contributed by atoms with E-state index in [1.807, 2.05) is 0 Å². The number of benzene rings is 1. The van der Waals surface area contributed by atoms with Crippen molar-refractivity contribution in [3.8, 4) is 0 Å². The minimum atomic E-state index is -1.25. The van der Waals surface area contributed by atoms with Crippen molar-refractivity contribution in [1.29, 1.82) is 0 Å². The van der Waals surface area contributed by atoms with Crippen LogP contribution >= 0.6 is 23.2 Å². The summed E-state index contributed by atoms with van der Waals surface area (Å²) in [5, 5.41) is 5.95. The van der Waals surface area contributed by atoms with Gasteiger partial charge in [-0.25, -0.2) is 0 Å². The van der Waals surface area contributed by atoms with Crippen molar-refractivity contribution in [2.45, 2.75) is 20.3 Å². The molecule has 0 saturated carbocycles. The number of rotatable bonds is 7. The second-order valence-electron chi connectivity index (χ2n) is 5.28. The van der Waals surface area contributed by atoms with Gasteiger partial charge in [-0.1, -0.05) is 29.3 Å². The Balaban J connectivity index is 2.71. The van der Waals surface area contributed by atoms with Crippen molar-refractivity contribution in [2.24, 2.45) is 5.41 Å². The Labute approximate surface area is 140 Å². The third kappa shape index (κ3) is 4.87. The van der Waals surface area contributed by atoms with E-state index in [-0.39, 0.29) is 5.91 Å². The maximum atomic E-state index is 12.4. The minimum absolute atomic E-state index is 0.302. The number of anilines is 1. The Morgan fingerprint density at radius 1 is 1.18 bits per heavy atom. The number of hydrogen-bond acceptors (Lipinski definition) is 3. The molecule has 0 aliphatic heterocycles. The van der Waals surface area contributed by atoms with Gasteiger partial charge in [0, 0.05) is 20.3 Å². The van der Waals surface area contributed by atoms with Gasteiger partial charge in [-0.15, -0.1) is 0 Å². The summed E-state index contributed by atoms with van der Waals surface area (Å²) >= 11 is 12.0. The van der Waals surface area contributed by atoms with E-state index in [4.69, 9.17) is 27.9 Å². The average molecular weight is 347 g/mol. The third-order valence-corrected chi connectivity index (χ3v) is 3.78. The van der Waals surface area contributed by atoms with Crippen LogP contribution in [0.1, 0.15) is 20.3 Å². The molecule has 1 aromatic carbocycles. The van der Waals surface area contributed by atoms with E-state index >= 15 is 0 Å². The van der Waals surface area contributed by atoms with E-state index in [1.54, 1.807) is 39.2 Å². The van der Waals surface area contributed by atoms with Gasteiger partial charge in [0.05, 0.1) is 15.7 Å². The topological polar surface area (TPSA) is 67.4 Å². The lowest BCUT2D eigenvalue weighted by Gasteiger charge is -2.23. The van der Waals surface area contributed by atoms with Crippen molar-refractivity contribution in [2.75, 3.05) is 25.6 Å². The highest BCUT2D eigenvalue weighted by atomic mass is 35.5. The van der Waals surface area contributed by atoms with E-state index < -0.39 is 11.3 Å². The molecule has 0 radical (unpaired) electrons. The van der Waals surface area contributed by atoms with E-state index in [1.165, 1.54) is 0 Å². The van der Waals surface area contributed by atoms with Crippen LogP contribution in [0.4, 0.5) is 5.69 Å². The van der Waals surface area contributed by atoms with Gasteiger partial charge >= 0.3 is 0 Å². The van der Waals surface area contributed by atoms with E-state index in [9.17, 15) is 9.59 Å². The van der Waals surface area contributed by atoms with Crippen LogP contribution in [-0.4, -0.2) is 32.1 Å². The number of para-hydroxylation sites is 1. The summed E-state index contributed by atoms with van der Waals surface area (Å²) in [6.07, 6.45) is 0.677. The molecule has 122 valence electrons. The zero-order valence-electron chi connectivity index (χ0n) is 12.8. The molecule has 0 aromatic heterocycles. The van der Waals surface area contributed by atoms with Crippen LogP contribution in [0.25, 0.3) is 0 Å². The third-order valence-electron chi connectivity index (χ3n) is 3.15. The van der Waals surface area contributed by atoms with Gasteiger partial charge in [-0.2, -0.15) is 0 Å². The van der Waals surface area contributed by atoms with Crippen LogP contribution in [0, 0.1) is 5.41 Å². The predicted molar refractivity (Wildman–Crippen MR) is 88.4 cm³/mol. The number of ether oxygens (including phenoxy) is 1. The van der Waals surface area contributed by atoms with Crippen LogP contribution in [-0.2, 0) is 14.3 Å². The van der Waals surface area contributed by atoms with Crippen molar-refractivity contribution in [3.05, 3.63) is 28.2 Å². The highest BCUT2D eigenvalue weighted by Gasteiger charge is 2.36. The molecule has 2 amide bonds. The smallest absolute Gasteiger partial charge is 0.239 e. The lowest BCUT2D eigenvalue weighted by atomic mass is 9.91. The number of carbonyl (C=O) groups excluding carboxylic acids is 2. The standard InChI is InChI=1S/C15H20Cl2N2O3/c1-15(2,13(20)18-8-5-9-22-3)14(21)19-12-10(16)6-4-7-11(12)17/h4,6-7H,5,8-9H2,1-3H3,(H,18,20)(H,19,21). The van der Waals surface area contributed by atoms with Crippen molar-refractivity contribution in [1.82, 2.24) is 5.32 Å². The van der Waals surface area contributed by atoms with Crippen molar-refractivity contribution in [3.63, 3.8) is 0 Å². The minimum Gasteiger partial charge on any atom is -0.385 e. The highest BCUT2D eigenvalue weighted by molar-refractivity contribution is 6.40. The molecule has 2 N–H and O–H groups in total. The summed E-state index contributed by atoms with van der Waals surface area (Å²) in [6, 6.07) is 4.90. The van der Waals surface area contributed by atoms with Gasteiger partial charge in [0.25, 0.3) is 0 Å². The fourth-order valence-electron chi connectivity index (χ4n) is 1.63. The maximum Gasteiger partial charge on any atom is 0.239 e. The van der Waals surface area contributed by atoms with Crippen LogP contribution in [0.15, 0.2) is 18.2 Å². The van der Waals surface area contributed by atoms with Gasteiger partial charge in [0.15, 0.2) is 0 Å². The highest BCUT2D eigenvalue weighted by Crippen LogP contribution is 2.31. The van der Waals surface area contributed by atoms with Crippen LogP contribution in [0.3, 0.4) is 0 Å². The summed E-state index contributed by atoms with van der Waals surface area (Å²) in [7, 11) is 1.59. The van der Waals surface area contributed by atoms with E-state index in [2.05, 4.69) is 10.6 Å². The monoisotopic (exact) mass is 346 g/mol. The Morgan fingerprint density at radius 2 is 1.77 bits per heavy atom. The summed E-state index contributed by atoms with van der Waals surface area (Å²) < 4.78 is 4.90. The normalized spacial score (nSPS) is 11.1. The van der Waals surface area contributed by atoms with Crippen LogP contribution < -0.4 is 10.6 Å². The number of halogens is 2. The summed E-state index contributed by atoms with van der Waals surface area (Å²) in [5.41, 5.74) is -0.952. The number of methoxy groups -OCH3 is 1. The molecule has 0 bridgehead atoms. The molecule has 22 heavy (non-hydrogen) atoms. The molecule has 0 atom stereocenters. The van der Waals surface area contributed by atoms with Gasteiger partial charge in [0.1, 0.15) is 5.41 Å². The first kappa shape index (κ1) is 18.7. The molecule has 0 aliphatic carbocycles. The van der Waals surface area contributed by atoms with Crippen LogP contribution in [0.5, 0.6) is 0 Å². The Hall–Kier alpha value is -1.30. The first-order valence-corrected chi connectivity index (χ1v) is 7.59. The molecule has 0 heterocycles. The molecule has 0 aliphatic rings. The molecule has 0 spiro atoms. The van der Waals surface area contributed by atoms with Crippen LogP contribution in [0.2, 0.25) is 10.0 Å². The SMILES string of the molecule is COCCCNC(=O)C(C)(C)C(=O)Nc1c(Cl)cccc1Cl. The Kier molecular flexibility index (Phi) is 7.13. The Bertz CT molecular complexity index is 527. The number of carbonyl (C=O) groups is 2. The summed E-state index contributed by atoms with van der Waals surface area (Å²) in [5.74, 6) is -0.851. The molecule has 7 heteroatoms. The molecular weight excluding hydrogens is 327 g/mol. The van der Waals surface area contributed by atoms with Gasteiger partial charge in [-0.3, -0.25) is 9.59 Å². The van der Waals surface area contributed by atoms with Gasteiger partial charge < -0.3 is 15.4 Å². The molecule has 1 aromatic rings. The number of amides is 2. The fraction of sp³-hybridized carbons (Fsp3) is 0.467. The average Bonchev–Trinajstić information content (AvgIpc) is 2.47. The zero-order chi connectivity index (χ0) is 16.8. The largest absolute Gasteiger partial charge is 0.385 e. The number of nitrogens with one attached hydrogen (secondary N) is 2. The molecule has 0 saturated heterocycles. The maximum absolute atomic E-state index is 12.4. The number of hydrogen-bond donors (Lipinski definition) is 2. The fourth-order valence-corrected chi connectivity index (χ4v) is 2.12. The summed E-state index contributed by atoms with van der Waals surface area (Å²) in [6.45, 7) is 4.07. The predicted octanol–water partition coefficient (Wildman–Crippen LogP) is 3.11. The second-order valence-corrected chi connectivity index (χ2v) is 6.09. The molecule has 0 fully saturated rings. The molecule has 5 nitrogen and oxygen atoms in total. The second kappa shape index (κ2) is 8.36. The molecular formula is C15H20Cl2N2O3. The molecule has 0 unspecified atom stereocenters. The lowest BCUT2D eigenvalue weighted by molar-refractivity contribution is -0.138. The first-order chi connectivity index (χ1) is 10.3. The quantitative estimate of drug-likeness (QED) is 0.588. The zero-order valence-corrected chi connectivity index (χ0v) is 14.3. The van der Waals surface area contributed by atoms with Crippen molar-refractivity contribution < 1.29 is 14.3 Å². The van der Waals surface area contributed by atoms with Gasteiger partial charge in [-0.05, 0) is 32.4 Å². The van der Waals surface area contributed by atoms with E-state index in [0.717, 1.165) is 0 Å².